The summed E-state index contributed by atoms with van der Waals surface area (Å²) in [6, 6.07) is 0. The molecular formula is C14H27NO2. The SMILES string of the molecule is CCCCCCCCCCNC1(C(=O)O)CC1. The monoisotopic (exact) mass is 241 g/mol. The van der Waals surface area contributed by atoms with Crippen LogP contribution in [0, 0.1) is 0 Å². The van der Waals surface area contributed by atoms with Gasteiger partial charge in [-0.1, -0.05) is 51.9 Å². The zero-order chi connectivity index (χ0) is 12.6. The third-order valence-corrected chi connectivity index (χ3v) is 3.65. The maximum atomic E-state index is 10.9. The van der Waals surface area contributed by atoms with Gasteiger partial charge in [0.1, 0.15) is 5.54 Å². The van der Waals surface area contributed by atoms with Crippen molar-refractivity contribution in [3.63, 3.8) is 0 Å². The van der Waals surface area contributed by atoms with Crippen molar-refractivity contribution in [3.05, 3.63) is 0 Å². The summed E-state index contributed by atoms with van der Waals surface area (Å²) >= 11 is 0. The van der Waals surface area contributed by atoms with Crippen LogP contribution >= 0.6 is 0 Å². The van der Waals surface area contributed by atoms with Gasteiger partial charge in [-0.3, -0.25) is 4.79 Å². The molecule has 0 heterocycles. The quantitative estimate of drug-likeness (QED) is 0.545. The molecule has 0 aromatic heterocycles. The van der Waals surface area contributed by atoms with Crippen LogP contribution in [0.5, 0.6) is 0 Å². The summed E-state index contributed by atoms with van der Waals surface area (Å²) in [6.45, 7) is 3.10. The van der Waals surface area contributed by atoms with Crippen molar-refractivity contribution in [1.29, 1.82) is 0 Å². The van der Waals surface area contributed by atoms with E-state index in [-0.39, 0.29) is 0 Å². The number of hydrogen-bond donors (Lipinski definition) is 2. The second kappa shape index (κ2) is 7.70. The van der Waals surface area contributed by atoms with E-state index in [9.17, 15) is 4.79 Å². The average molecular weight is 241 g/mol. The van der Waals surface area contributed by atoms with E-state index in [1.54, 1.807) is 0 Å². The predicted molar refractivity (Wildman–Crippen MR) is 70.2 cm³/mol. The fraction of sp³-hybridized carbons (Fsp3) is 0.929. The molecule has 0 aliphatic heterocycles. The summed E-state index contributed by atoms with van der Waals surface area (Å²) in [5.74, 6) is -0.669. The fourth-order valence-electron chi connectivity index (χ4n) is 2.18. The normalized spacial score (nSPS) is 17.0. The predicted octanol–water partition coefficient (Wildman–Crippen LogP) is 3.33. The molecule has 1 aliphatic carbocycles. The first-order valence-electron chi connectivity index (χ1n) is 7.20. The zero-order valence-electron chi connectivity index (χ0n) is 11.1. The topological polar surface area (TPSA) is 49.3 Å². The standard InChI is InChI=1S/C14H27NO2/c1-2-3-4-5-6-7-8-9-12-15-14(10-11-14)13(16)17/h15H,2-12H2,1H3,(H,16,17). The lowest BCUT2D eigenvalue weighted by Crippen LogP contribution is -2.39. The molecule has 3 heteroatoms. The van der Waals surface area contributed by atoms with E-state index in [4.69, 9.17) is 5.11 Å². The van der Waals surface area contributed by atoms with Crippen molar-refractivity contribution >= 4 is 5.97 Å². The number of rotatable bonds is 11. The van der Waals surface area contributed by atoms with Crippen LogP contribution in [0.1, 0.15) is 71.1 Å². The van der Waals surface area contributed by atoms with Crippen LogP contribution in [0.25, 0.3) is 0 Å². The van der Waals surface area contributed by atoms with Crippen LogP contribution in [0.2, 0.25) is 0 Å². The van der Waals surface area contributed by atoms with Crippen LogP contribution in [-0.4, -0.2) is 23.2 Å². The Kier molecular flexibility index (Phi) is 6.56. The molecule has 1 fully saturated rings. The number of carboxylic acid groups (broad SMARTS) is 1. The van der Waals surface area contributed by atoms with E-state index in [0.29, 0.717) is 0 Å². The van der Waals surface area contributed by atoms with E-state index in [1.807, 2.05) is 0 Å². The largest absolute Gasteiger partial charge is 0.480 e. The lowest BCUT2D eigenvalue weighted by atomic mass is 10.1. The zero-order valence-corrected chi connectivity index (χ0v) is 11.1. The summed E-state index contributed by atoms with van der Waals surface area (Å²) in [5, 5.41) is 12.1. The number of carboxylic acids is 1. The van der Waals surface area contributed by atoms with E-state index >= 15 is 0 Å². The van der Waals surface area contributed by atoms with Crippen molar-refractivity contribution in [2.24, 2.45) is 0 Å². The maximum Gasteiger partial charge on any atom is 0.323 e. The maximum absolute atomic E-state index is 10.9. The lowest BCUT2D eigenvalue weighted by molar-refractivity contribution is -0.140. The molecule has 0 saturated heterocycles. The Morgan fingerprint density at radius 1 is 1.06 bits per heavy atom. The van der Waals surface area contributed by atoms with Crippen molar-refractivity contribution in [2.75, 3.05) is 6.54 Å². The van der Waals surface area contributed by atoms with Gasteiger partial charge >= 0.3 is 5.97 Å². The molecule has 0 unspecified atom stereocenters. The molecule has 1 rings (SSSR count). The number of hydrogen-bond acceptors (Lipinski definition) is 2. The number of aliphatic carboxylic acids is 1. The Balaban J connectivity index is 1.83. The minimum atomic E-state index is -0.669. The summed E-state index contributed by atoms with van der Waals surface area (Å²) in [7, 11) is 0. The Morgan fingerprint density at radius 3 is 2.06 bits per heavy atom. The van der Waals surface area contributed by atoms with E-state index in [2.05, 4.69) is 12.2 Å². The molecule has 1 aliphatic rings. The third kappa shape index (κ3) is 5.53. The molecule has 1 saturated carbocycles. The second-order valence-corrected chi connectivity index (χ2v) is 5.29. The minimum absolute atomic E-state index is 0.541. The van der Waals surface area contributed by atoms with Crippen molar-refractivity contribution in [1.82, 2.24) is 5.32 Å². The van der Waals surface area contributed by atoms with Crippen LogP contribution < -0.4 is 5.32 Å². The molecule has 0 spiro atoms. The molecule has 2 N–H and O–H groups in total. The van der Waals surface area contributed by atoms with Gasteiger partial charge in [-0.25, -0.2) is 0 Å². The fourth-order valence-corrected chi connectivity index (χ4v) is 2.18. The molecule has 0 aromatic rings. The summed E-state index contributed by atoms with van der Waals surface area (Å²) in [6.07, 6.45) is 12.0. The van der Waals surface area contributed by atoms with Crippen molar-refractivity contribution in [2.45, 2.75) is 76.7 Å². The molecular weight excluding hydrogens is 214 g/mol. The van der Waals surface area contributed by atoms with Crippen LogP contribution in [0.3, 0.4) is 0 Å². The van der Waals surface area contributed by atoms with E-state index in [1.165, 1.54) is 44.9 Å². The van der Waals surface area contributed by atoms with Gasteiger partial charge in [0.2, 0.25) is 0 Å². The Bertz CT molecular complexity index is 224. The molecule has 0 radical (unpaired) electrons. The number of carbonyl (C=O) groups is 1. The van der Waals surface area contributed by atoms with Gasteiger partial charge in [0.25, 0.3) is 0 Å². The van der Waals surface area contributed by atoms with Crippen LogP contribution in [0.15, 0.2) is 0 Å². The molecule has 0 aromatic carbocycles. The van der Waals surface area contributed by atoms with E-state index in [0.717, 1.165) is 25.8 Å². The Labute approximate surface area is 105 Å². The van der Waals surface area contributed by atoms with E-state index < -0.39 is 11.5 Å². The number of unbranched alkanes of at least 4 members (excludes halogenated alkanes) is 7. The first-order chi connectivity index (χ1) is 8.21. The van der Waals surface area contributed by atoms with Crippen molar-refractivity contribution in [3.8, 4) is 0 Å². The van der Waals surface area contributed by atoms with Gasteiger partial charge in [-0.15, -0.1) is 0 Å². The molecule has 100 valence electrons. The molecule has 0 amide bonds. The highest BCUT2D eigenvalue weighted by Gasteiger charge is 2.49. The summed E-state index contributed by atoms with van der Waals surface area (Å²) in [5.41, 5.74) is -0.541. The van der Waals surface area contributed by atoms with Gasteiger partial charge < -0.3 is 10.4 Å². The highest BCUT2D eigenvalue weighted by Crippen LogP contribution is 2.35. The third-order valence-electron chi connectivity index (χ3n) is 3.65. The summed E-state index contributed by atoms with van der Waals surface area (Å²) < 4.78 is 0. The van der Waals surface area contributed by atoms with Gasteiger partial charge in [0.05, 0.1) is 0 Å². The molecule has 0 atom stereocenters. The second-order valence-electron chi connectivity index (χ2n) is 5.29. The first-order valence-corrected chi connectivity index (χ1v) is 7.20. The lowest BCUT2D eigenvalue weighted by Gasteiger charge is -2.11. The molecule has 3 nitrogen and oxygen atoms in total. The minimum Gasteiger partial charge on any atom is -0.480 e. The number of nitrogens with one attached hydrogen (secondary N) is 1. The molecule has 17 heavy (non-hydrogen) atoms. The van der Waals surface area contributed by atoms with Gasteiger partial charge in [-0.2, -0.15) is 0 Å². The van der Waals surface area contributed by atoms with Gasteiger partial charge in [0, 0.05) is 0 Å². The van der Waals surface area contributed by atoms with Crippen LogP contribution in [0.4, 0.5) is 0 Å². The first kappa shape index (κ1) is 14.5. The Hall–Kier alpha value is -0.570. The summed E-state index contributed by atoms with van der Waals surface area (Å²) in [4.78, 5) is 10.9. The molecule has 0 bridgehead atoms. The van der Waals surface area contributed by atoms with Crippen molar-refractivity contribution < 1.29 is 9.90 Å². The van der Waals surface area contributed by atoms with Crippen LogP contribution in [-0.2, 0) is 4.79 Å². The Morgan fingerprint density at radius 2 is 1.59 bits per heavy atom. The highest BCUT2D eigenvalue weighted by molar-refractivity contribution is 5.82. The smallest absolute Gasteiger partial charge is 0.323 e. The average Bonchev–Trinajstić information content (AvgIpc) is 3.08. The van der Waals surface area contributed by atoms with Gasteiger partial charge in [-0.05, 0) is 25.8 Å². The highest BCUT2D eigenvalue weighted by atomic mass is 16.4. The van der Waals surface area contributed by atoms with Gasteiger partial charge in [0.15, 0.2) is 0 Å².